The number of nitrogens with zero attached hydrogens (tertiary/aromatic N) is 4. The summed E-state index contributed by atoms with van der Waals surface area (Å²) in [6.07, 6.45) is 5.80. The molecule has 2 aromatic heterocycles. The van der Waals surface area contributed by atoms with Crippen molar-refractivity contribution in [2.24, 2.45) is 24.8 Å². The minimum atomic E-state index is -0.604. The van der Waals surface area contributed by atoms with Crippen LogP contribution in [0.5, 0.6) is 0 Å². The number of rotatable bonds is 8. The van der Waals surface area contributed by atoms with Crippen LogP contribution >= 0.6 is 0 Å². The molecule has 172 valence electrons. The molecular formula is C24H29N7O2. The summed E-state index contributed by atoms with van der Waals surface area (Å²) < 4.78 is 1.42. The minimum absolute atomic E-state index is 0.151. The van der Waals surface area contributed by atoms with Gasteiger partial charge < -0.3 is 10.6 Å². The number of aryl methyl sites for hydroxylation is 3. The number of aromatic amines is 1. The highest BCUT2D eigenvalue weighted by Crippen LogP contribution is 2.50. The lowest BCUT2D eigenvalue weighted by molar-refractivity contribution is -0.119. The van der Waals surface area contributed by atoms with Gasteiger partial charge in [0.05, 0.1) is 5.69 Å². The van der Waals surface area contributed by atoms with Gasteiger partial charge in [-0.15, -0.1) is 0 Å². The average Bonchev–Trinajstić information content (AvgIpc) is 3.72. The predicted molar refractivity (Wildman–Crippen MR) is 123 cm³/mol. The van der Waals surface area contributed by atoms with Crippen LogP contribution in [0.3, 0.4) is 0 Å². The standard InChI is InChI=1S/C24H29N7O2/c1-13-19(14(2)30-29-13)15-8-10-18(11-9-15)27-23(32)21(20(16-4-5-16)17-6-7-17)28-24(33)22-25-12-26-31(22)3/h8-12,16-17,20-21H,4-7H2,1-3H3,(H,27,32)(H,28,33)(H,29,30)/t21-/m0/s1. The maximum absolute atomic E-state index is 13.4. The Morgan fingerprint density at radius 3 is 2.27 bits per heavy atom. The topological polar surface area (TPSA) is 118 Å². The summed E-state index contributed by atoms with van der Waals surface area (Å²) in [6, 6.07) is 7.14. The predicted octanol–water partition coefficient (Wildman–Crippen LogP) is 3.00. The maximum Gasteiger partial charge on any atom is 0.289 e. The molecule has 2 heterocycles. The van der Waals surface area contributed by atoms with Crippen LogP contribution in [-0.2, 0) is 11.8 Å². The van der Waals surface area contributed by atoms with Gasteiger partial charge in [-0.2, -0.15) is 10.2 Å². The molecule has 1 aromatic carbocycles. The van der Waals surface area contributed by atoms with Gasteiger partial charge in [0.15, 0.2) is 0 Å². The number of carbonyl (C=O) groups excluding carboxylic acids is 2. The lowest BCUT2D eigenvalue weighted by Crippen LogP contribution is -2.50. The Hall–Kier alpha value is -3.49. The number of carbonyl (C=O) groups is 2. The first-order valence-corrected chi connectivity index (χ1v) is 11.5. The summed E-state index contributed by atoms with van der Waals surface area (Å²) in [4.78, 5) is 30.4. The zero-order valence-electron chi connectivity index (χ0n) is 19.1. The van der Waals surface area contributed by atoms with Crippen LogP contribution in [0.1, 0.15) is 47.7 Å². The molecule has 2 aliphatic carbocycles. The van der Waals surface area contributed by atoms with Gasteiger partial charge in [0.1, 0.15) is 12.4 Å². The largest absolute Gasteiger partial charge is 0.337 e. The molecule has 3 aromatic rings. The molecule has 0 bridgehead atoms. The molecule has 9 heteroatoms. The van der Waals surface area contributed by atoms with E-state index < -0.39 is 6.04 Å². The first-order valence-electron chi connectivity index (χ1n) is 11.5. The van der Waals surface area contributed by atoms with E-state index in [0.29, 0.717) is 17.5 Å². The second kappa shape index (κ2) is 8.46. The summed E-state index contributed by atoms with van der Waals surface area (Å²) in [6.45, 7) is 3.96. The van der Waals surface area contributed by atoms with E-state index in [4.69, 9.17) is 0 Å². The van der Waals surface area contributed by atoms with Crippen molar-refractivity contribution < 1.29 is 9.59 Å². The zero-order valence-corrected chi connectivity index (χ0v) is 19.1. The first kappa shape index (κ1) is 21.4. The summed E-state index contributed by atoms with van der Waals surface area (Å²) in [5.74, 6) is 0.774. The van der Waals surface area contributed by atoms with Crippen LogP contribution in [0.15, 0.2) is 30.6 Å². The van der Waals surface area contributed by atoms with Gasteiger partial charge in [0, 0.05) is 24.0 Å². The van der Waals surface area contributed by atoms with Crippen molar-refractivity contribution >= 4 is 17.5 Å². The van der Waals surface area contributed by atoms with E-state index in [0.717, 1.165) is 48.2 Å². The van der Waals surface area contributed by atoms with E-state index in [-0.39, 0.29) is 23.6 Å². The number of hydrogen-bond donors (Lipinski definition) is 3. The van der Waals surface area contributed by atoms with Crippen molar-refractivity contribution in [3.8, 4) is 11.1 Å². The van der Waals surface area contributed by atoms with Gasteiger partial charge in [0.25, 0.3) is 5.91 Å². The fourth-order valence-electron chi connectivity index (χ4n) is 4.85. The Morgan fingerprint density at radius 1 is 1.09 bits per heavy atom. The van der Waals surface area contributed by atoms with E-state index in [1.165, 1.54) is 11.0 Å². The van der Waals surface area contributed by atoms with Crippen molar-refractivity contribution in [2.45, 2.75) is 45.6 Å². The number of anilines is 1. The number of H-pyrrole nitrogens is 1. The summed E-state index contributed by atoms with van der Waals surface area (Å²) in [7, 11) is 1.67. The van der Waals surface area contributed by atoms with Crippen molar-refractivity contribution in [1.29, 1.82) is 0 Å². The Bertz CT molecular complexity index is 1140. The zero-order chi connectivity index (χ0) is 23.1. The van der Waals surface area contributed by atoms with Crippen LogP contribution in [-0.4, -0.2) is 42.8 Å². The molecule has 2 aliphatic rings. The second-order valence-corrected chi connectivity index (χ2v) is 9.29. The highest BCUT2D eigenvalue weighted by Gasteiger charge is 2.48. The minimum Gasteiger partial charge on any atom is -0.337 e. The molecule has 2 fully saturated rings. The van der Waals surface area contributed by atoms with Crippen LogP contribution in [0.4, 0.5) is 5.69 Å². The molecule has 0 unspecified atom stereocenters. The fraction of sp³-hybridized carbons (Fsp3) is 0.458. The number of hydrogen-bond acceptors (Lipinski definition) is 5. The molecular weight excluding hydrogens is 418 g/mol. The average molecular weight is 448 g/mol. The SMILES string of the molecule is Cc1n[nH]c(C)c1-c1ccc(NC(=O)[C@@H](NC(=O)c2ncnn2C)C(C2CC2)C2CC2)cc1. The van der Waals surface area contributed by atoms with Crippen molar-refractivity contribution in [2.75, 3.05) is 5.32 Å². The molecule has 0 saturated heterocycles. The van der Waals surface area contributed by atoms with E-state index in [1.807, 2.05) is 38.1 Å². The number of aromatic nitrogens is 5. The molecule has 2 amide bonds. The van der Waals surface area contributed by atoms with Gasteiger partial charge in [0.2, 0.25) is 11.7 Å². The van der Waals surface area contributed by atoms with E-state index >= 15 is 0 Å². The van der Waals surface area contributed by atoms with Gasteiger partial charge in [-0.1, -0.05) is 12.1 Å². The fourth-order valence-corrected chi connectivity index (χ4v) is 4.85. The normalized spacial score (nSPS) is 16.6. The molecule has 1 atom stereocenters. The van der Waals surface area contributed by atoms with Gasteiger partial charge in [-0.3, -0.25) is 14.7 Å². The Kier molecular flexibility index (Phi) is 5.47. The Labute approximate surface area is 192 Å². The molecule has 33 heavy (non-hydrogen) atoms. The Morgan fingerprint density at radius 2 is 1.76 bits per heavy atom. The maximum atomic E-state index is 13.4. The molecule has 0 spiro atoms. The second-order valence-electron chi connectivity index (χ2n) is 9.29. The van der Waals surface area contributed by atoms with E-state index in [1.54, 1.807) is 7.05 Å². The highest BCUT2D eigenvalue weighted by molar-refractivity contribution is 6.00. The lowest BCUT2D eigenvalue weighted by Gasteiger charge is -2.27. The molecule has 9 nitrogen and oxygen atoms in total. The number of benzene rings is 1. The molecule has 5 rings (SSSR count). The summed E-state index contributed by atoms with van der Waals surface area (Å²) in [5.41, 5.74) is 4.76. The summed E-state index contributed by atoms with van der Waals surface area (Å²) >= 11 is 0. The van der Waals surface area contributed by atoms with Crippen LogP contribution in [0.25, 0.3) is 11.1 Å². The van der Waals surface area contributed by atoms with E-state index in [2.05, 4.69) is 30.9 Å². The third kappa shape index (κ3) is 4.40. The molecule has 3 N–H and O–H groups in total. The van der Waals surface area contributed by atoms with E-state index in [9.17, 15) is 9.59 Å². The van der Waals surface area contributed by atoms with Crippen LogP contribution in [0, 0.1) is 31.6 Å². The van der Waals surface area contributed by atoms with Crippen LogP contribution in [0.2, 0.25) is 0 Å². The van der Waals surface area contributed by atoms with Crippen LogP contribution < -0.4 is 10.6 Å². The van der Waals surface area contributed by atoms with Crippen molar-refractivity contribution in [3.63, 3.8) is 0 Å². The molecule has 0 aliphatic heterocycles. The third-order valence-electron chi connectivity index (χ3n) is 6.77. The molecule has 0 radical (unpaired) electrons. The van der Waals surface area contributed by atoms with Gasteiger partial charge in [-0.05, 0) is 75.0 Å². The van der Waals surface area contributed by atoms with Crippen molar-refractivity contribution in [1.82, 2.24) is 30.3 Å². The number of nitrogens with one attached hydrogen (secondary N) is 3. The smallest absolute Gasteiger partial charge is 0.289 e. The van der Waals surface area contributed by atoms with Gasteiger partial charge >= 0.3 is 0 Å². The molecule has 2 saturated carbocycles. The highest BCUT2D eigenvalue weighted by atomic mass is 16.2. The summed E-state index contributed by atoms with van der Waals surface area (Å²) in [5, 5.41) is 17.3. The monoisotopic (exact) mass is 447 g/mol. The number of amides is 2. The quantitative estimate of drug-likeness (QED) is 0.491. The third-order valence-corrected chi connectivity index (χ3v) is 6.77. The Balaban J connectivity index is 1.35. The first-order chi connectivity index (χ1) is 15.9. The van der Waals surface area contributed by atoms with Crippen molar-refractivity contribution in [3.05, 3.63) is 47.8 Å². The lowest BCUT2D eigenvalue weighted by atomic mass is 9.88. The van der Waals surface area contributed by atoms with Gasteiger partial charge in [-0.25, -0.2) is 9.67 Å².